The van der Waals surface area contributed by atoms with Crippen LogP contribution in [0.1, 0.15) is 33.6 Å². The number of hydrazine groups is 1. The Morgan fingerprint density at radius 1 is 1.36 bits per heavy atom. The molecule has 0 aliphatic heterocycles. The van der Waals surface area contributed by atoms with Gasteiger partial charge in [0.05, 0.1) is 6.67 Å². The van der Waals surface area contributed by atoms with Crippen LogP contribution in [-0.4, -0.2) is 37.4 Å². The van der Waals surface area contributed by atoms with Crippen LogP contribution in [0, 0.1) is 0 Å². The van der Waals surface area contributed by atoms with Gasteiger partial charge in [0.2, 0.25) is 0 Å². The lowest BCUT2D eigenvalue weighted by Crippen LogP contribution is -2.48. The molecule has 0 aromatic rings. The molecule has 0 spiro atoms. The van der Waals surface area contributed by atoms with Crippen molar-refractivity contribution in [2.45, 2.75) is 39.7 Å². The molecule has 0 radical (unpaired) electrons. The van der Waals surface area contributed by atoms with Gasteiger partial charge in [0.25, 0.3) is 0 Å². The number of hydrogen-bond acceptors (Lipinski definition) is 4. The molecule has 0 amide bonds. The molecule has 0 rings (SSSR count). The van der Waals surface area contributed by atoms with Crippen LogP contribution in [0.2, 0.25) is 0 Å². The molecule has 14 heavy (non-hydrogen) atoms. The Kier molecular flexibility index (Phi) is 9.29. The van der Waals surface area contributed by atoms with E-state index in [0.717, 1.165) is 39.1 Å². The molecule has 0 aliphatic carbocycles. The summed E-state index contributed by atoms with van der Waals surface area (Å²) < 4.78 is 0. The average molecular weight is 202 g/mol. The Labute approximate surface area is 88.2 Å². The van der Waals surface area contributed by atoms with Gasteiger partial charge in [-0.3, -0.25) is 5.43 Å². The first-order valence-electron chi connectivity index (χ1n) is 5.66. The van der Waals surface area contributed by atoms with Gasteiger partial charge in [-0.15, -0.1) is 0 Å². The van der Waals surface area contributed by atoms with E-state index in [0.29, 0.717) is 6.04 Å². The van der Waals surface area contributed by atoms with Crippen LogP contribution in [0.15, 0.2) is 0 Å². The van der Waals surface area contributed by atoms with Crippen molar-refractivity contribution < 1.29 is 0 Å². The SMILES string of the molecule is CCCN(CNCC)NC(C)CCN. The Balaban J connectivity index is 3.69. The first-order chi connectivity index (χ1) is 6.74. The van der Waals surface area contributed by atoms with Crippen LogP contribution >= 0.6 is 0 Å². The van der Waals surface area contributed by atoms with Crippen molar-refractivity contribution in [1.82, 2.24) is 15.8 Å². The fourth-order valence-corrected chi connectivity index (χ4v) is 1.33. The maximum Gasteiger partial charge on any atom is 0.0620 e. The predicted molar refractivity (Wildman–Crippen MR) is 61.8 cm³/mol. The second-order valence-electron chi connectivity index (χ2n) is 3.63. The van der Waals surface area contributed by atoms with Gasteiger partial charge in [-0.2, -0.15) is 0 Å². The third-order valence-corrected chi connectivity index (χ3v) is 2.05. The van der Waals surface area contributed by atoms with Crippen molar-refractivity contribution in [1.29, 1.82) is 0 Å². The Bertz CT molecular complexity index is 119. The first-order valence-corrected chi connectivity index (χ1v) is 5.66. The van der Waals surface area contributed by atoms with Crippen LogP contribution < -0.4 is 16.5 Å². The summed E-state index contributed by atoms with van der Waals surface area (Å²) in [6.45, 7) is 10.2. The smallest absolute Gasteiger partial charge is 0.0620 e. The van der Waals surface area contributed by atoms with Crippen molar-refractivity contribution in [3.05, 3.63) is 0 Å². The third kappa shape index (κ3) is 7.26. The minimum atomic E-state index is 0.463. The summed E-state index contributed by atoms with van der Waals surface area (Å²) in [6, 6.07) is 0.463. The zero-order valence-electron chi connectivity index (χ0n) is 9.84. The van der Waals surface area contributed by atoms with Crippen LogP contribution in [0.4, 0.5) is 0 Å². The van der Waals surface area contributed by atoms with Crippen molar-refractivity contribution >= 4 is 0 Å². The molecule has 1 unspecified atom stereocenters. The van der Waals surface area contributed by atoms with E-state index in [4.69, 9.17) is 5.73 Å². The minimum absolute atomic E-state index is 0.463. The summed E-state index contributed by atoms with van der Waals surface area (Å²) in [5.41, 5.74) is 8.95. The number of nitrogens with one attached hydrogen (secondary N) is 2. The predicted octanol–water partition coefficient (Wildman–Crippen LogP) is 0.507. The summed E-state index contributed by atoms with van der Waals surface area (Å²) in [5.74, 6) is 0. The molecule has 4 N–H and O–H groups in total. The molecule has 0 fully saturated rings. The van der Waals surface area contributed by atoms with Gasteiger partial charge in [-0.25, -0.2) is 5.01 Å². The van der Waals surface area contributed by atoms with Crippen LogP contribution in [0.5, 0.6) is 0 Å². The van der Waals surface area contributed by atoms with Crippen LogP contribution in [0.25, 0.3) is 0 Å². The molecule has 0 saturated heterocycles. The normalized spacial score (nSPS) is 13.5. The lowest BCUT2D eigenvalue weighted by Gasteiger charge is -2.26. The highest BCUT2D eigenvalue weighted by Crippen LogP contribution is 1.92. The molecule has 0 saturated carbocycles. The van der Waals surface area contributed by atoms with E-state index in [2.05, 4.69) is 36.5 Å². The molecule has 86 valence electrons. The highest BCUT2D eigenvalue weighted by atomic mass is 15.5. The molecule has 0 aromatic heterocycles. The molecule has 0 aliphatic rings. The third-order valence-electron chi connectivity index (χ3n) is 2.05. The monoisotopic (exact) mass is 202 g/mol. The van der Waals surface area contributed by atoms with E-state index >= 15 is 0 Å². The van der Waals surface area contributed by atoms with Gasteiger partial charge in [-0.05, 0) is 32.9 Å². The van der Waals surface area contributed by atoms with Crippen molar-refractivity contribution in [3.63, 3.8) is 0 Å². The fraction of sp³-hybridized carbons (Fsp3) is 1.00. The van der Waals surface area contributed by atoms with Gasteiger partial charge in [0.15, 0.2) is 0 Å². The van der Waals surface area contributed by atoms with E-state index in [1.54, 1.807) is 0 Å². The molecule has 0 bridgehead atoms. The van der Waals surface area contributed by atoms with E-state index in [1.807, 2.05) is 0 Å². The topological polar surface area (TPSA) is 53.3 Å². The molecular weight excluding hydrogens is 176 g/mol. The summed E-state index contributed by atoms with van der Waals surface area (Å²) in [4.78, 5) is 0. The number of nitrogens with two attached hydrogens (primary N) is 1. The molecule has 1 atom stereocenters. The maximum absolute atomic E-state index is 5.51. The summed E-state index contributed by atoms with van der Waals surface area (Å²) in [6.07, 6.45) is 2.18. The summed E-state index contributed by atoms with van der Waals surface area (Å²) in [7, 11) is 0. The quantitative estimate of drug-likeness (QED) is 0.377. The minimum Gasteiger partial charge on any atom is -0.330 e. The number of rotatable bonds is 9. The van der Waals surface area contributed by atoms with Crippen LogP contribution in [0.3, 0.4) is 0 Å². The van der Waals surface area contributed by atoms with E-state index in [1.165, 1.54) is 0 Å². The highest BCUT2D eigenvalue weighted by Gasteiger charge is 2.06. The largest absolute Gasteiger partial charge is 0.330 e. The molecule has 4 nitrogen and oxygen atoms in total. The second kappa shape index (κ2) is 9.40. The summed E-state index contributed by atoms with van der Waals surface area (Å²) in [5, 5.41) is 5.54. The van der Waals surface area contributed by atoms with Gasteiger partial charge in [0.1, 0.15) is 0 Å². The molecule has 0 aromatic carbocycles. The fourth-order valence-electron chi connectivity index (χ4n) is 1.33. The first kappa shape index (κ1) is 13.8. The van der Waals surface area contributed by atoms with Crippen molar-refractivity contribution in [2.24, 2.45) is 5.73 Å². The lowest BCUT2D eigenvalue weighted by atomic mass is 10.2. The Morgan fingerprint density at radius 3 is 2.57 bits per heavy atom. The molecule has 0 heterocycles. The number of nitrogens with zero attached hydrogens (tertiary/aromatic N) is 1. The van der Waals surface area contributed by atoms with Crippen molar-refractivity contribution in [3.8, 4) is 0 Å². The van der Waals surface area contributed by atoms with Crippen LogP contribution in [-0.2, 0) is 0 Å². The van der Waals surface area contributed by atoms with Gasteiger partial charge < -0.3 is 11.1 Å². The standard InChI is InChI=1S/C10H26N4/c1-4-8-14(9-12-5-2)13-10(3)6-7-11/h10,12-13H,4-9,11H2,1-3H3. The van der Waals surface area contributed by atoms with Gasteiger partial charge in [0, 0.05) is 12.6 Å². The Morgan fingerprint density at radius 2 is 2.07 bits per heavy atom. The zero-order valence-corrected chi connectivity index (χ0v) is 9.84. The molecule has 4 heteroatoms. The Hall–Kier alpha value is -0.160. The number of hydrogen-bond donors (Lipinski definition) is 3. The lowest BCUT2D eigenvalue weighted by molar-refractivity contribution is 0.147. The van der Waals surface area contributed by atoms with Crippen molar-refractivity contribution in [2.75, 3.05) is 26.3 Å². The van der Waals surface area contributed by atoms with Gasteiger partial charge >= 0.3 is 0 Å². The van der Waals surface area contributed by atoms with E-state index in [-0.39, 0.29) is 0 Å². The summed E-state index contributed by atoms with van der Waals surface area (Å²) >= 11 is 0. The molecular formula is C10H26N4. The second-order valence-corrected chi connectivity index (χ2v) is 3.63. The average Bonchev–Trinajstić information content (AvgIpc) is 2.15. The van der Waals surface area contributed by atoms with Gasteiger partial charge in [-0.1, -0.05) is 13.8 Å². The maximum atomic E-state index is 5.51. The highest BCUT2D eigenvalue weighted by molar-refractivity contribution is 4.60. The van der Waals surface area contributed by atoms with E-state index in [9.17, 15) is 0 Å². The zero-order chi connectivity index (χ0) is 10.8. The van der Waals surface area contributed by atoms with E-state index < -0.39 is 0 Å².